The van der Waals surface area contributed by atoms with E-state index in [-0.39, 0.29) is 11.3 Å². The number of tetrazole rings is 1. The highest BCUT2D eigenvalue weighted by Gasteiger charge is 2.21. The zero-order valence-electron chi connectivity index (χ0n) is 13.0. The van der Waals surface area contributed by atoms with Crippen molar-refractivity contribution in [3.63, 3.8) is 0 Å². The summed E-state index contributed by atoms with van der Waals surface area (Å²) in [5, 5.41) is 12.4. The predicted molar refractivity (Wildman–Crippen MR) is 83.8 cm³/mol. The maximum absolute atomic E-state index is 12.3. The molecule has 0 atom stereocenters. The van der Waals surface area contributed by atoms with Crippen molar-refractivity contribution in [1.82, 2.24) is 20.2 Å². The number of carbonyl (C=O) groups excluding carboxylic acids is 1. The van der Waals surface area contributed by atoms with E-state index in [0.29, 0.717) is 10.9 Å². The summed E-state index contributed by atoms with van der Waals surface area (Å²) in [7, 11) is 0. The van der Waals surface area contributed by atoms with Crippen molar-refractivity contribution < 1.29 is 4.79 Å². The van der Waals surface area contributed by atoms with Crippen LogP contribution in [0.2, 0.25) is 0 Å². The molecule has 0 saturated carbocycles. The molecule has 1 aromatic carbocycles. The number of ketones is 1. The molecule has 0 unspecified atom stereocenters. The number of benzene rings is 1. The summed E-state index contributed by atoms with van der Waals surface area (Å²) in [4.78, 5) is 12.3. The summed E-state index contributed by atoms with van der Waals surface area (Å²) < 4.78 is 1.74. The van der Waals surface area contributed by atoms with Crippen LogP contribution in [0, 0.1) is 13.8 Å². The highest BCUT2D eigenvalue weighted by atomic mass is 32.2. The first-order chi connectivity index (χ1) is 9.79. The largest absolute Gasteiger partial charge is 0.293 e. The van der Waals surface area contributed by atoms with Crippen LogP contribution in [-0.2, 0) is 5.54 Å². The third-order valence-electron chi connectivity index (χ3n) is 3.09. The van der Waals surface area contributed by atoms with Gasteiger partial charge in [-0.1, -0.05) is 35.5 Å². The van der Waals surface area contributed by atoms with Crippen molar-refractivity contribution >= 4 is 17.5 Å². The maximum atomic E-state index is 12.3. The van der Waals surface area contributed by atoms with Crippen LogP contribution in [0.4, 0.5) is 0 Å². The Hall–Kier alpha value is -1.69. The fraction of sp³-hybridized carbons (Fsp3) is 0.467. The molecule has 1 heterocycles. The van der Waals surface area contributed by atoms with E-state index in [9.17, 15) is 4.79 Å². The first-order valence-corrected chi connectivity index (χ1v) is 7.79. The van der Waals surface area contributed by atoms with Gasteiger partial charge in [0.15, 0.2) is 5.78 Å². The van der Waals surface area contributed by atoms with Crippen molar-refractivity contribution in [2.45, 2.75) is 45.3 Å². The van der Waals surface area contributed by atoms with E-state index in [1.165, 1.54) is 11.8 Å². The molecular weight excluding hydrogens is 284 g/mol. The van der Waals surface area contributed by atoms with Gasteiger partial charge < -0.3 is 0 Å². The lowest BCUT2D eigenvalue weighted by Gasteiger charge is -2.19. The fourth-order valence-corrected chi connectivity index (χ4v) is 2.97. The molecular formula is C15H20N4OS. The Morgan fingerprint density at radius 2 is 2.00 bits per heavy atom. The summed E-state index contributed by atoms with van der Waals surface area (Å²) in [6.07, 6.45) is 0. The molecule has 5 nitrogen and oxygen atoms in total. The molecule has 6 heteroatoms. The molecule has 1 aromatic heterocycles. The SMILES string of the molecule is Cc1ccc(C(=O)CSc2nnnn2C(C)(C)C)c(C)c1. The van der Waals surface area contributed by atoms with Crippen LogP contribution in [-0.4, -0.2) is 31.7 Å². The van der Waals surface area contributed by atoms with E-state index < -0.39 is 0 Å². The number of thioether (sulfide) groups is 1. The van der Waals surface area contributed by atoms with Crippen LogP contribution in [0.3, 0.4) is 0 Å². The first-order valence-electron chi connectivity index (χ1n) is 6.81. The molecule has 0 amide bonds. The number of nitrogens with zero attached hydrogens (tertiary/aromatic N) is 4. The second kappa shape index (κ2) is 5.97. The van der Waals surface area contributed by atoms with Gasteiger partial charge in [0.1, 0.15) is 0 Å². The number of aryl methyl sites for hydroxylation is 2. The zero-order chi connectivity index (χ0) is 15.6. The van der Waals surface area contributed by atoms with Crippen LogP contribution >= 0.6 is 11.8 Å². The van der Waals surface area contributed by atoms with E-state index in [4.69, 9.17) is 0 Å². The smallest absolute Gasteiger partial charge is 0.210 e. The predicted octanol–water partition coefficient (Wildman–Crippen LogP) is 3.02. The Morgan fingerprint density at radius 3 is 2.62 bits per heavy atom. The van der Waals surface area contributed by atoms with Crippen molar-refractivity contribution in [1.29, 1.82) is 0 Å². The minimum absolute atomic E-state index is 0.0981. The van der Waals surface area contributed by atoms with Gasteiger partial charge >= 0.3 is 0 Å². The van der Waals surface area contributed by atoms with Crippen molar-refractivity contribution in [3.05, 3.63) is 34.9 Å². The normalized spacial score (nSPS) is 11.7. The Balaban J connectivity index is 2.10. The number of hydrogen-bond acceptors (Lipinski definition) is 5. The topological polar surface area (TPSA) is 60.7 Å². The average Bonchev–Trinajstić information content (AvgIpc) is 2.84. The Labute approximate surface area is 129 Å². The molecule has 0 radical (unpaired) electrons. The van der Waals surface area contributed by atoms with E-state index in [1.807, 2.05) is 52.8 Å². The Morgan fingerprint density at radius 1 is 1.29 bits per heavy atom. The van der Waals surface area contributed by atoms with Crippen molar-refractivity contribution in [2.24, 2.45) is 0 Å². The van der Waals surface area contributed by atoms with E-state index >= 15 is 0 Å². The number of rotatable bonds is 4. The summed E-state index contributed by atoms with van der Waals surface area (Å²) >= 11 is 1.37. The molecule has 0 N–H and O–H groups in total. The molecule has 0 saturated heterocycles. The maximum Gasteiger partial charge on any atom is 0.210 e. The van der Waals surface area contributed by atoms with Crippen LogP contribution in [0.15, 0.2) is 23.4 Å². The van der Waals surface area contributed by atoms with Crippen molar-refractivity contribution in [3.8, 4) is 0 Å². The van der Waals surface area contributed by atoms with E-state index in [2.05, 4.69) is 15.5 Å². The Kier molecular flexibility index (Phi) is 4.46. The van der Waals surface area contributed by atoms with Gasteiger partial charge in [-0.3, -0.25) is 4.79 Å². The number of aromatic nitrogens is 4. The molecule has 0 spiro atoms. The van der Waals surface area contributed by atoms with Crippen LogP contribution in [0.25, 0.3) is 0 Å². The monoisotopic (exact) mass is 304 g/mol. The lowest BCUT2D eigenvalue weighted by Crippen LogP contribution is -2.24. The summed E-state index contributed by atoms with van der Waals surface area (Å²) in [5.41, 5.74) is 2.74. The lowest BCUT2D eigenvalue weighted by atomic mass is 10.0. The van der Waals surface area contributed by atoms with Crippen LogP contribution in [0.5, 0.6) is 0 Å². The van der Waals surface area contributed by atoms with Crippen LogP contribution in [0.1, 0.15) is 42.3 Å². The summed E-state index contributed by atoms with van der Waals surface area (Å²) in [6.45, 7) is 10.1. The summed E-state index contributed by atoms with van der Waals surface area (Å²) in [5.74, 6) is 0.432. The molecule has 0 aliphatic heterocycles. The van der Waals surface area contributed by atoms with E-state index in [0.717, 1.165) is 16.7 Å². The van der Waals surface area contributed by atoms with Gasteiger partial charge in [-0.15, -0.1) is 5.10 Å². The molecule has 2 rings (SSSR count). The van der Waals surface area contributed by atoms with Gasteiger partial charge in [-0.05, 0) is 50.6 Å². The molecule has 0 fully saturated rings. The van der Waals surface area contributed by atoms with Gasteiger partial charge in [-0.2, -0.15) is 0 Å². The van der Waals surface area contributed by atoms with Gasteiger partial charge in [0.2, 0.25) is 5.16 Å². The van der Waals surface area contributed by atoms with Crippen LogP contribution < -0.4 is 0 Å². The quantitative estimate of drug-likeness (QED) is 0.642. The number of carbonyl (C=O) groups is 1. The molecule has 0 bridgehead atoms. The minimum atomic E-state index is -0.200. The highest BCUT2D eigenvalue weighted by Crippen LogP contribution is 2.23. The zero-order valence-corrected chi connectivity index (χ0v) is 13.9. The number of hydrogen-bond donors (Lipinski definition) is 0. The first kappa shape index (κ1) is 15.7. The van der Waals surface area contributed by atoms with Gasteiger partial charge in [0.25, 0.3) is 0 Å². The lowest BCUT2D eigenvalue weighted by molar-refractivity contribution is 0.102. The fourth-order valence-electron chi connectivity index (χ4n) is 2.02. The summed E-state index contributed by atoms with van der Waals surface area (Å²) in [6, 6.07) is 5.88. The third kappa shape index (κ3) is 3.69. The van der Waals surface area contributed by atoms with Gasteiger partial charge in [-0.25, -0.2) is 4.68 Å². The standard InChI is InChI=1S/C15H20N4OS/c1-10-6-7-12(11(2)8-10)13(20)9-21-14-16-17-18-19(14)15(3,4)5/h6-8H,9H2,1-5H3. The van der Waals surface area contributed by atoms with Gasteiger partial charge in [0, 0.05) is 5.56 Å². The molecule has 2 aromatic rings. The Bertz CT molecular complexity index is 658. The van der Waals surface area contributed by atoms with E-state index in [1.54, 1.807) is 4.68 Å². The number of Topliss-reactive ketones (excluding diaryl/α,β-unsaturated/α-hetero) is 1. The second-order valence-electron chi connectivity index (χ2n) is 6.07. The molecule has 0 aliphatic rings. The third-order valence-corrected chi connectivity index (χ3v) is 4.01. The minimum Gasteiger partial charge on any atom is -0.293 e. The molecule has 21 heavy (non-hydrogen) atoms. The van der Waals surface area contributed by atoms with Gasteiger partial charge in [0.05, 0.1) is 11.3 Å². The molecule has 112 valence electrons. The average molecular weight is 304 g/mol. The van der Waals surface area contributed by atoms with Crippen molar-refractivity contribution in [2.75, 3.05) is 5.75 Å². The highest BCUT2D eigenvalue weighted by molar-refractivity contribution is 7.99. The molecule has 0 aliphatic carbocycles. The second-order valence-corrected chi connectivity index (χ2v) is 7.02.